The highest BCUT2D eigenvalue weighted by Crippen LogP contribution is 2.15. The molecule has 0 bridgehead atoms. The highest BCUT2D eigenvalue weighted by atomic mass is 16.8. The maximum atomic E-state index is 11.1. The molecular weight excluding hydrogens is 200 g/mol. The summed E-state index contributed by atoms with van der Waals surface area (Å²) in [5.41, 5.74) is 1.08. The maximum absolute atomic E-state index is 11.1. The summed E-state index contributed by atoms with van der Waals surface area (Å²) in [5, 5.41) is 17.1. The average molecular weight is 208 g/mol. The quantitative estimate of drug-likeness (QED) is 0.671. The van der Waals surface area contributed by atoms with Gasteiger partial charge in [-0.2, -0.15) is 4.98 Å². The van der Waals surface area contributed by atoms with Crippen LogP contribution < -0.4 is 10.2 Å². The van der Waals surface area contributed by atoms with Crippen molar-refractivity contribution in [2.75, 3.05) is 5.32 Å². The monoisotopic (exact) mass is 208 g/mol. The highest BCUT2D eigenvalue weighted by molar-refractivity contribution is 5.89. The summed E-state index contributed by atoms with van der Waals surface area (Å²) >= 11 is 0. The molecule has 1 N–H and O–H groups in total. The summed E-state index contributed by atoms with van der Waals surface area (Å²) in [7, 11) is 0. The minimum atomic E-state index is -0.236. The van der Waals surface area contributed by atoms with Crippen LogP contribution in [-0.4, -0.2) is 16.0 Å². The molecule has 2 heterocycles. The molecule has 7 heteroatoms. The number of anilines is 1. The fraction of sp³-hybridized carbons (Fsp3) is 0.250. The van der Waals surface area contributed by atoms with Crippen molar-refractivity contribution in [3.05, 3.63) is 16.8 Å². The molecule has 2 aromatic rings. The lowest BCUT2D eigenvalue weighted by Gasteiger charge is -2.00. The van der Waals surface area contributed by atoms with Gasteiger partial charge in [0, 0.05) is 12.5 Å². The molecule has 0 unspecified atom stereocenters. The number of aromatic nitrogens is 3. The van der Waals surface area contributed by atoms with Crippen molar-refractivity contribution < 1.29 is 14.3 Å². The largest absolute Gasteiger partial charge is 0.359 e. The first-order chi connectivity index (χ1) is 7.08. The number of nitrogens with zero attached hydrogens (tertiary/aromatic N) is 3. The Kier molecular flexibility index (Phi) is 2.00. The molecule has 78 valence electrons. The molecule has 0 saturated carbocycles. The van der Waals surface area contributed by atoms with E-state index in [1.807, 2.05) is 0 Å². The van der Waals surface area contributed by atoms with Gasteiger partial charge in [-0.25, -0.2) is 0 Å². The maximum Gasteiger partial charge on any atom is 0.342 e. The lowest BCUT2D eigenvalue weighted by atomic mass is 10.2. The minimum Gasteiger partial charge on any atom is -0.359 e. The van der Waals surface area contributed by atoms with Crippen molar-refractivity contribution >= 4 is 22.9 Å². The third-order valence-electron chi connectivity index (χ3n) is 1.85. The second-order valence-electron chi connectivity index (χ2n) is 3.11. The highest BCUT2D eigenvalue weighted by Gasteiger charge is 2.15. The van der Waals surface area contributed by atoms with E-state index in [1.54, 1.807) is 13.0 Å². The molecule has 0 atom stereocenters. The van der Waals surface area contributed by atoms with Crippen molar-refractivity contribution in [1.82, 2.24) is 10.1 Å². The Morgan fingerprint density at radius 3 is 3.07 bits per heavy atom. The van der Waals surface area contributed by atoms with Crippen molar-refractivity contribution in [3.8, 4) is 0 Å². The van der Waals surface area contributed by atoms with Gasteiger partial charge < -0.3 is 10.5 Å². The second kappa shape index (κ2) is 3.19. The number of rotatable bonds is 1. The Hall–Kier alpha value is -2.18. The van der Waals surface area contributed by atoms with Gasteiger partial charge in [0.25, 0.3) is 0 Å². The number of hydrogen-bond donors (Lipinski definition) is 1. The first-order valence-electron chi connectivity index (χ1n) is 4.22. The number of nitrogens with one attached hydrogen (secondary N) is 1. The first-order valence-corrected chi connectivity index (χ1v) is 4.22. The number of hydrogen-bond acceptors (Lipinski definition) is 5. The van der Waals surface area contributed by atoms with E-state index in [1.165, 1.54) is 6.92 Å². The van der Waals surface area contributed by atoms with Gasteiger partial charge >= 0.3 is 5.65 Å². The average Bonchev–Trinajstić information content (AvgIpc) is 2.46. The molecule has 0 radical (unpaired) electrons. The van der Waals surface area contributed by atoms with Crippen molar-refractivity contribution in [2.24, 2.45) is 0 Å². The van der Waals surface area contributed by atoms with Gasteiger partial charge in [0.15, 0.2) is 0 Å². The van der Waals surface area contributed by atoms with E-state index in [2.05, 4.69) is 20.1 Å². The van der Waals surface area contributed by atoms with E-state index in [0.29, 0.717) is 11.4 Å². The second-order valence-corrected chi connectivity index (χ2v) is 3.11. The van der Waals surface area contributed by atoms with Crippen molar-refractivity contribution in [2.45, 2.75) is 13.8 Å². The molecule has 0 fully saturated rings. The summed E-state index contributed by atoms with van der Waals surface area (Å²) in [6, 6.07) is 1.58. The predicted octanol–water partition coefficient (Wildman–Crippen LogP) is 0.123. The molecule has 1 amide bonds. The van der Waals surface area contributed by atoms with Gasteiger partial charge in [0.05, 0.1) is 5.16 Å². The Bertz CT molecular complexity index is 534. The summed E-state index contributed by atoms with van der Waals surface area (Å²) in [6.45, 7) is 3.08. The van der Waals surface area contributed by atoms with Crippen LogP contribution in [0.1, 0.15) is 12.5 Å². The zero-order valence-electron chi connectivity index (χ0n) is 8.14. The van der Waals surface area contributed by atoms with E-state index in [-0.39, 0.29) is 22.0 Å². The van der Waals surface area contributed by atoms with Gasteiger partial charge in [-0.1, -0.05) is 0 Å². The first kappa shape index (κ1) is 9.38. The number of aryl methyl sites for hydroxylation is 1. The van der Waals surface area contributed by atoms with Gasteiger partial charge in [0.2, 0.25) is 11.4 Å². The molecule has 0 aliphatic carbocycles. The van der Waals surface area contributed by atoms with E-state index < -0.39 is 0 Å². The van der Waals surface area contributed by atoms with Crippen LogP contribution in [0, 0.1) is 12.1 Å². The van der Waals surface area contributed by atoms with Crippen LogP contribution in [0.5, 0.6) is 0 Å². The normalized spacial score (nSPS) is 10.5. The van der Waals surface area contributed by atoms with Gasteiger partial charge in [0.1, 0.15) is 5.82 Å². The topological polar surface area (TPSA) is 95.0 Å². The fourth-order valence-electron chi connectivity index (χ4n) is 1.30. The molecule has 15 heavy (non-hydrogen) atoms. The third-order valence-corrected chi connectivity index (χ3v) is 1.85. The lowest BCUT2D eigenvalue weighted by molar-refractivity contribution is -0.782. The lowest BCUT2D eigenvalue weighted by Crippen LogP contribution is -2.23. The van der Waals surface area contributed by atoms with Gasteiger partial charge in [-0.15, -0.1) is 0 Å². The van der Waals surface area contributed by atoms with Crippen LogP contribution in [-0.2, 0) is 4.79 Å². The van der Waals surface area contributed by atoms with Gasteiger partial charge in [-0.3, -0.25) is 9.42 Å². The molecule has 0 aliphatic heterocycles. The summed E-state index contributed by atoms with van der Waals surface area (Å²) in [5.74, 6) is 0.112. The molecule has 7 nitrogen and oxygen atoms in total. The standard InChI is InChI=1S/C8H8N4O3/c1-4-3-6(9-5(2)13)10-8-7(4)12(14)15-11-8/h3H,1-2H3,(H,9,10,11,13). The molecule has 0 spiro atoms. The molecular formula is C8H8N4O3. The molecule has 0 aliphatic rings. The Balaban J connectivity index is 2.58. The summed E-state index contributed by atoms with van der Waals surface area (Å²) in [4.78, 5) is 15.0. The SMILES string of the molecule is CC(=O)Nc1cc(C)c2c(no[n+]2[O-])n1. The number of amides is 1. The van der Waals surface area contributed by atoms with Crippen molar-refractivity contribution in [3.63, 3.8) is 0 Å². The number of carbonyl (C=O) groups excluding carboxylic acids is 1. The van der Waals surface area contributed by atoms with Crippen LogP contribution in [0.15, 0.2) is 10.7 Å². The van der Waals surface area contributed by atoms with Crippen LogP contribution in [0.25, 0.3) is 11.2 Å². The van der Waals surface area contributed by atoms with Crippen LogP contribution in [0.3, 0.4) is 0 Å². The van der Waals surface area contributed by atoms with E-state index in [4.69, 9.17) is 0 Å². The summed E-state index contributed by atoms with van der Waals surface area (Å²) < 4.78 is 4.39. The predicted molar refractivity (Wildman–Crippen MR) is 49.8 cm³/mol. The van der Waals surface area contributed by atoms with Gasteiger partial charge in [-0.05, 0) is 17.9 Å². The number of pyridine rings is 1. The Labute approximate surface area is 84.2 Å². The molecule has 2 rings (SSSR count). The minimum absolute atomic E-state index is 0.175. The fourth-order valence-corrected chi connectivity index (χ4v) is 1.30. The van der Waals surface area contributed by atoms with E-state index in [0.717, 1.165) is 0 Å². The number of fused-ring (bicyclic) bond motifs is 1. The molecule has 0 aromatic carbocycles. The Morgan fingerprint density at radius 2 is 2.40 bits per heavy atom. The Morgan fingerprint density at radius 1 is 1.67 bits per heavy atom. The van der Waals surface area contributed by atoms with Crippen LogP contribution in [0.4, 0.5) is 5.82 Å². The zero-order valence-corrected chi connectivity index (χ0v) is 8.14. The molecule has 2 aromatic heterocycles. The van der Waals surface area contributed by atoms with Crippen LogP contribution in [0.2, 0.25) is 0 Å². The third kappa shape index (κ3) is 1.58. The zero-order chi connectivity index (χ0) is 11.0. The van der Waals surface area contributed by atoms with E-state index in [9.17, 15) is 10.0 Å². The number of carbonyl (C=O) groups is 1. The smallest absolute Gasteiger partial charge is 0.342 e. The summed E-state index contributed by atoms with van der Waals surface area (Å²) in [6.07, 6.45) is 0. The molecule has 0 saturated heterocycles. The van der Waals surface area contributed by atoms with Crippen LogP contribution >= 0.6 is 0 Å². The van der Waals surface area contributed by atoms with Crippen molar-refractivity contribution in [1.29, 1.82) is 0 Å². The van der Waals surface area contributed by atoms with E-state index >= 15 is 0 Å².